The Bertz CT molecular complexity index is 1050. The lowest BCUT2D eigenvalue weighted by molar-refractivity contribution is -0.117. The summed E-state index contributed by atoms with van der Waals surface area (Å²) in [7, 11) is 0. The van der Waals surface area contributed by atoms with Gasteiger partial charge in [0, 0.05) is 15.7 Å². The maximum absolute atomic E-state index is 13.2. The molecular formula is C20H15Cl2N3O2S. The average molecular weight is 432 g/mol. The van der Waals surface area contributed by atoms with Crippen molar-refractivity contribution in [2.45, 2.75) is 18.6 Å². The molecule has 0 radical (unpaired) electrons. The molecule has 2 N–H and O–H groups in total. The van der Waals surface area contributed by atoms with Crippen molar-refractivity contribution in [3.05, 3.63) is 74.2 Å². The fourth-order valence-corrected chi connectivity index (χ4v) is 4.59. The van der Waals surface area contributed by atoms with Gasteiger partial charge in [-0.15, -0.1) is 0 Å². The van der Waals surface area contributed by atoms with Crippen molar-refractivity contribution in [2.24, 2.45) is 5.73 Å². The Morgan fingerprint density at radius 2 is 2.04 bits per heavy atom. The first-order chi connectivity index (χ1) is 13.3. The van der Waals surface area contributed by atoms with Crippen LogP contribution < -0.4 is 10.6 Å². The predicted octanol–water partition coefficient (Wildman–Crippen LogP) is 4.21. The van der Waals surface area contributed by atoms with E-state index in [0.717, 1.165) is 17.3 Å². The number of thioether (sulfide) groups is 1. The van der Waals surface area contributed by atoms with E-state index in [1.54, 1.807) is 30.3 Å². The molecule has 0 spiro atoms. The average Bonchev–Trinajstić information content (AvgIpc) is 2.94. The van der Waals surface area contributed by atoms with Gasteiger partial charge in [-0.25, -0.2) is 0 Å². The van der Waals surface area contributed by atoms with E-state index in [2.05, 4.69) is 0 Å². The highest BCUT2D eigenvalue weighted by Crippen LogP contribution is 2.42. The van der Waals surface area contributed by atoms with E-state index in [1.165, 1.54) is 4.90 Å². The molecule has 2 amide bonds. The van der Waals surface area contributed by atoms with Crippen LogP contribution in [0.15, 0.2) is 53.1 Å². The number of halogens is 2. The zero-order valence-corrected chi connectivity index (χ0v) is 17.1. The summed E-state index contributed by atoms with van der Waals surface area (Å²) in [4.78, 5) is 26.4. The van der Waals surface area contributed by atoms with Crippen LogP contribution in [-0.4, -0.2) is 17.1 Å². The smallest absolute Gasteiger partial charge is 0.262 e. The van der Waals surface area contributed by atoms with E-state index in [9.17, 15) is 14.9 Å². The second kappa shape index (κ2) is 8.27. The summed E-state index contributed by atoms with van der Waals surface area (Å²) in [6.07, 6.45) is 0.298. The maximum atomic E-state index is 13.2. The molecule has 2 aromatic carbocycles. The largest absolute Gasteiger partial charge is 0.365 e. The van der Waals surface area contributed by atoms with E-state index in [-0.39, 0.29) is 16.5 Å². The van der Waals surface area contributed by atoms with Crippen molar-refractivity contribution >= 4 is 52.5 Å². The van der Waals surface area contributed by atoms with Gasteiger partial charge in [0.05, 0.1) is 5.25 Å². The summed E-state index contributed by atoms with van der Waals surface area (Å²) in [5, 5.41) is 10.1. The number of primary amides is 1. The van der Waals surface area contributed by atoms with Crippen molar-refractivity contribution in [1.29, 1.82) is 5.26 Å². The Kier molecular flexibility index (Phi) is 5.99. The first-order valence-corrected chi connectivity index (χ1v) is 9.90. The lowest BCUT2D eigenvalue weighted by atomic mass is 10.1. The first-order valence-electron chi connectivity index (χ1n) is 8.27. The highest BCUT2D eigenvalue weighted by atomic mass is 35.5. The highest BCUT2D eigenvalue weighted by Gasteiger charge is 2.40. The van der Waals surface area contributed by atoms with Gasteiger partial charge in [-0.05, 0) is 54.8 Å². The molecule has 3 rings (SSSR count). The molecule has 0 saturated carbocycles. The SMILES string of the molecule is Cc1cccc(N2C(=O)C(Cc3cc(Cl)ccc3Cl)SC2=C(C#N)C(N)=O)c1. The van der Waals surface area contributed by atoms with E-state index in [1.807, 2.05) is 25.1 Å². The van der Waals surface area contributed by atoms with Crippen molar-refractivity contribution in [2.75, 3.05) is 4.90 Å². The second-order valence-corrected chi connectivity index (χ2v) is 8.25. The van der Waals surface area contributed by atoms with E-state index in [4.69, 9.17) is 28.9 Å². The minimum atomic E-state index is -0.878. The molecule has 1 aliphatic rings. The normalized spacial score (nSPS) is 18.1. The molecule has 0 aromatic heterocycles. The molecule has 142 valence electrons. The summed E-state index contributed by atoms with van der Waals surface area (Å²) >= 11 is 13.4. The number of nitriles is 1. The maximum Gasteiger partial charge on any atom is 0.262 e. The third-order valence-electron chi connectivity index (χ3n) is 4.20. The molecule has 1 atom stereocenters. The molecule has 0 bridgehead atoms. The van der Waals surface area contributed by atoms with Crippen LogP contribution in [0.3, 0.4) is 0 Å². The lowest BCUT2D eigenvalue weighted by Gasteiger charge is -2.18. The Morgan fingerprint density at radius 1 is 1.29 bits per heavy atom. The zero-order valence-electron chi connectivity index (χ0n) is 14.8. The molecule has 8 heteroatoms. The fourth-order valence-electron chi connectivity index (χ4n) is 2.90. The summed E-state index contributed by atoms with van der Waals surface area (Å²) in [6, 6.07) is 14.1. The lowest BCUT2D eigenvalue weighted by Crippen LogP contribution is -2.31. The Hall–Kier alpha value is -2.46. The van der Waals surface area contributed by atoms with Gasteiger partial charge < -0.3 is 5.73 Å². The molecule has 1 saturated heterocycles. The first kappa shape index (κ1) is 20.3. The van der Waals surface area contributed by atoms with Gasteiger partial charge >= 0.3 is 0 Å². The van der Waals surface area contributed by atoms with Crippen LogP contribution >= 0.6 is 35.0 Å². The van der Waals surface area contributed by atoms with Crippen LogP contribution in [0.4, 0.5) is 5.69 Å². The molecule has 0 aliphatic carbocycles. The van der Waals surface area contributed by atoms with Crippen LogP contribution in [0.2, 0.25) is 10.0 Å². The number of anilines is 1. The minimum absolute atomic E-state index is 0.230. The summed E-state index contributed by atoms with van der Waals surface area (Å²) < 4.78 is 0. The van der Waals surface area contributed by atoms with Crippen LogP contribution in [0.1, 0.15) is 11.1 Å². The Labute approximate surface area is 176 Å². The number of aryl methyl sites for hydroxylation is 1. The molecular weight excluding hydrogens is 417 g/mol. The van der Waals surface area contributed by atoms with Gasteiger partial charge in [-0.3, -0.25) is 14.5 Å². The van der Waals surface area contributed by atoms with E-state index < -0.39 is 11.2 Å². The second-order valence-electron chi connectivity index (χ2n) is 6.22. The summed E-state index contributed by atoms with van der Waals surface area (Å²) in [5.74, 6) is -1.13. The number of nitrogens with two attached hydrogens (primary N) is 1. The number of amides is 2. The van der Waals surface area contributed by atoms with Crippen LogP contribution in [-0.2, 0) is 16.0 Å². The highest BCUT2D eigenvalue weighted by molar-refractivity contribution is 8.05. The number of rotatable bonds is 4. The predicted molar refractivity (Wildman–Crippen MR) is 112 cm³/mol. The molecule has 1 fully saturated rings. The molecule has 1 unspecified atom stereocenters. The van der Waals surface area contributed by atoms with E-state index >= 15 is 0 Å². The van der Waals surface area contributed by atoms with Gasteiger partial charge in [0.15, 0.2) is 0 Å². The van der Waals surface area contributed by atoms with Crippen molar-refractivity contribution in [1.82, 2.24) is 0 Å². The third-order valence-corrected chi connectivity index (χ3v) is 6.06. The molecule has 1 aliphatic heterocycles. The summed E-state index contributed by atoms with van der Waals surface area (Å²) in [6.45, 7) is 1.89. The van der Waals surface area contributed by atoms with Crippen LogP contribution in [0.25, 0.3) is 0 Å². The Balaban J connectivity index is 2.07. The van der Waals surface area contributed by atoms with Gasteiger partial charge in [-0.1, -0.05) is 47.1 Å². The third kappa shape index (κ3) is 4.02. The number of benzene rings is 2. The minimum Gasteiger partial charge on any atom is -0.365 e. The van der Waals surface area contributed by atoms with Crippen LogP contribution in [0, 0.1) is 18.3 Å². The Morgan fingerprint density at radius 3 is 2.68 bits per heavy atom. The van der Waals surface area contributed by atoms with Gasteiger partial charge in [0.1, 0.15) is 16.7 Å². The van der Waals surface area contributed by atoms with Gasteiger partial charge in [-0.2, -0.15) is 5.26 Å². The number of carbonyl (C=O) groups is 2. The van der Waals surface area contributed by atoms with Crippen molar-refractivity contribution in [3.8, 4) is 6.07 Å². The number of hydrogen-bond donors (Lipinski definition) is 1. The van der Waals surface area contributed by atoms with E-state index in [0.29, 0.717) is 27.7 Å². The monoisotopic (exact) mass is 431 g/mol. The molecule has 1 heterocycles. The molecule has 2 aromatic rings. The van der Waals surface area contributed by atoms with Crippen LogP contribution in [0.5, 0.6) is 0 Å². The fraction of sp³-hybridized carbons (Fsp3) is 0.150. The van der Waals surface area contributed by atoms with Crippen molar-refractivity contribution < 1.29 is 9.59 Å². The number of hydrogen-bond acceptors (Lipinski definition) is 4. The molecule has 28 heavy (non-hydrogen) atoms. The van der Waals surface area contributed by atoms with Gasteiger partial charge in [0.2, 0.25) is 5.91 Å². The van der Waals surface area contributed by atoms with Gasteiger partial charge in [0.25, 0.3) is 5.91 Å². The standard InChI is InChI=1S/C20H15Cl2N3O2S/c1-11-3-2-4-14(7-11)25-19(27)17(28-20(25)15(10-23)18(24)26)9-12-8-13(21)5-6-16(12)22/h2-8,17H,9H2,1H3,(H2,24,26). The quantitative estimate of drug-likeness (QED) is 0.579. The molecule has 5 nitrogen and oxygen atoms in total. The van der Waals surface area contributed by atoms with Crippen molar-refractivity contribution in [3.63, 3.8) is 0 Å². The zero-order chi connectivity index (χ0) is 20.4. The number of nitrogens with zero attached hydrogens (tertiary/aromatic N) is 2. The topological polar surface area (TPSA) is 87.2 Å². The number of carbonyl (C=O) groups excluding carboxylic acids is 2. The summed E-state index contributed by atoms with van der Waals surface area (Å²) in [5.41, 5.74) is 7.35.